The number of fused-ring (bicyclic) bond motifs is 3. The van der Waals surface area contributed by atoms with Crippen molar-refractivity contribution >= 4 is 57.1 Å². The van der Waals surface area contributed by atoms with Gasteiger partial charge in [-0.2, -0.15) is 0 Å². The van der Waals surface area contributed by atoms with Crippen LogP contribution in [0.2, 0.25) is 5.02 Å². The van der Waals surface area contributed by atoms with Gasteiger partial charge in [-0.1, -0.05) is 35.9 Å². The Kier molecular flexibility index (Phi) is 4.82. The van der Waals surface area contributed by atoms with Gasteiger partial charge in [0.05, 0.1) is 17.1 Å². The maximum atomic E-state index is 11.2. The molecule has 4 rings (SSSR count). The lowest BCUT2D eigenvalue weighted by Crippen LogP contribution is -2.01. The van der Waals surface area contributed by atoms with E-state index < -0.39 is 7.60 Å². The van der Waals surface area contributed by atoms with Gasteiger partial charge in [-0.3, -0.25) is 4.57 Å². The summed E-state index contributed by atoms with van der Waals surface area (Å²) in [7, 11) is -4.07. The summed E-state index contributed by atoms with van der Waals surface area (Å²) >= 11 is 9.68. The Bertz CT molecular complexity index is 1200. The monoisotopic (exact) mass is 465 g/mol. The minimum Gasteiger partial charge on any atom is -0.324 e. The number of nitrogens with zero attached hydrogens (tertiary/aromatic N) is 3. The highest BCUT2D eigenvalue weighted by molar-refractivity contribution is 9.10. The number of hydrogen-bond donors (Lipinski definition) is 2. The zero-order valence-electron chi connectivity index (χ0n) is 13.9. The lowest BCUT2D eigenvalue weighted by atomic mass is 10.1. The Labute approximate surface area is 168 Å². The molecule has 2 aromatic carbocycles. The minimum atomic E-state index is -4.07. The van der Waals surface area contributed by atoms with Crippen LogP contribution in [0.1, 0.15) is 11.1 Å². The first-order chi connectivity index (χ1) is 12.8. The van der Waals surface area contributed by atoms with Crippen molar-refractivity contribution in [2.45, 2.75) is 12.7 Å². The largest absolute Gasteiger partial charge is 0.329 e. The minimum absolute atomic E-state index is 0.263. The molecule has 6 nitrogen and oxygen atoms in total. The molecule has 2 aromatic heterocycles. The molecule has 0 bridgehead atoms. The Hall–Kier alpha value is -1.76. The maximum absolute atomic E-state index is 11.2. The van der Waals surface area contributed by atoms with Crippen molar-refractivity contribution in [3.63, 3.8) is 0 Å². The summed E-state index contributed by atoms with van der Waals surface area (Å²) in [6, 6.07) is 12.9. The third-order valence-electron chi connectivity index (χ3n) is 4.31. The second-order valence-corrected chi connectivity index (χ2v) is 9.08. The number of benzene rings is 2. The maximum Gasteiger partial charge on any atom is 0.329 e. The van der Waals surface area contributed by atoms with Crippen LogP contribution in [0.5, 0.6) is 0 Å². The summed E-state index contributed by atoms with van der Waals surface area (Å²) < 4.78 is 13.9. The van der Waals surface area contributed by atoms with Crippen LogP contribution in [0.25, 0.3) is 21.9 Å². The van der Waals surface area contributed by atoms with Gasteiger partial charge < -0.3 is 14.4 Å². The smallest absolute Gasteiger partial charge is 0.324 e. The molecule has 0 amide bonds. The highest BCUT2D eigenvalue weighted by atomic mass is 79.9. The molecule has 0 aliphatic heterocycles. The van der Waals surface area contributed by atoms with E-state index in [1.165, 1.54) is 6.33 Å². The number of halogens is 2. The average Bonchev–Trinajstić information content (AvgIpc) is 2.90. The van der Waals surface area contributed by atoms with Gasteiger partial charge in [-0.15, -0.1) is 0 Å². The van der Waals surface area contributed by atoms with Crippen LogP contribution >= 0.6 is 35.1 Å². The first-order valence-electron chi connectivity index (χ1n) is 8.02. The van der Waals surface area contributed by atoms with E-state index in [-0.39, 0.29) is 6.16 Å². The second-order valence-electron chi connectivity index (χ2n) is 6.25. The quantitative estimate of drug-likeness (QED) is 0.335. The van der Waals surface area contributed by atoms with E-state index in [0.29, 0.717) is 21.7 Å². The summed E-state index contributed by atoms with van der Waals surface area (Å²) in [6.07, 6.45) is 1.24. The summed E-state index contributed by atoms with van der Waals surface area (Å²) in [4.78, 5) is 26.9. The fourth-order valence-corrected chi connectivity index (χ4v) is 4.52. The standard InChI is InChI=1S/C18H14BrClN3O3P/c19-17-16-14-7-13(20)5-6-15(14)23(18(16)22-10-21-17)8-11-1-3-12(4-2-11)9-27(24,25)26/h1-7,10H,8-9H2,(H2,24,25,26). The van der Waals surface area contributed by atoms with Gasteiger partial charge in [-0.25, -0.2) is 9.97 Å². The van der Waals surface area contributed by atoms with Gasteiger partial charge in [0.2, 0.25) is 0 Å². The molecule has 0 aliphatic carbocycles. The van der Waals surface area contributed by atoms with Crippen LogP contribution < -0.4 is 0 Å². The molecule has 2 heterocycles. The van der Waals surface area contributed by atoms with Crippen molar-refractivity contribution < 1.29 is 14.4 Å². The highest BCUT2D eigenvalue weighted by Crippen LogP contribution is 2.39. The van der Waals surface area contributed by atoms with Crippen molar-refractivity contribution in [1.29, 1.82) is 0 Å². The molecule has 0 saturated heterocycles. The summed E-state index contributed by atoms with van der Waals surface area (Å²) in [5.74, 6) is 0. The van der Waals surface area contributed by atoms with Crippen LogP contribution in [0.4, 0.5) is 0 Å². The van der Waals surface area contributed by atoms with Crippen LogP contribution in [-0.2, 0) is 17.3 Å². The molecular weight excluding hydrogens is 453 g/mol. The molecule has 0 saturated carbocycles. The third kappa shape index (κ3) is 3.79. The van der Waals surface area contributed by atoms with Gasteiger partial charge >= 0.3 is 7.60 Å². The summed E-state index contributed by atoms with van der Waals surface area (Å²) in [6.45, 7) is 0.557. The molecule has 0 radical (unpaired) electrons. The topological polar surface area (TPSA) is 88.2 Å². The van der Waals surface area contributed by atoms with Crippen molar-refractivity contribution in [3.05, 3.63) is 69.5 Å². The van der Waals surface area contributed by atoms with Crippen molar-refractivity contribution in [2.75, 3.05) is 0 Å². The lowest BCUT2D eigenvalue weighted by Gasteiger charge is -2.09. The van der Waals surface area contributed by atoms with E-state index in [0.717, 1.165) is 27.5 Å². The molecule has 9 heteroatoms. The average molecular weight is 467 g/mol. The van der Waals surface area contributed by atoms with Gasteiger partial charge in [0.25, 0.3) is 0 Å². The van der Waals surface area contributed by atoms with Gasteiger partial charge in [0.1, 0.15) is 16.6 Å². The van der Waals surface area contributed by atoms with E-state index in [1.54, 1.807) is 12.1 Å². The van der Waals surface area contributed by atoms with Crippen LogP contribution in [0.3, 0.4) is 0 Å². The molecular formula is C18H14BrClN3O3P. The molecule has 4 aromatic rings. The van der Waals surface area contributed by atoms with Crippen molar-refractivity contribution in [3.8, 4) is 0 Å². The molecule has 0 spiro atoms. The zero-order valence-corrected chi connectivity index (χ0v) is 17.1. The molecule has 2 N–H and O–H groups in total. The Balaban J connectivity index is 1.79. The molecule has 0 fully saturated rings. The first-order valence-corrected chi connectivity index (χ1v) is 11.0. The van der Waals surface area contributed by atoms with Crippen LogP contribution in [-0.4, -0.2) is 24.3 Å². The predicted octanol–water partition coefficient (Wildman–Crippen LogP) is 4.73. The predicted molar refractivity (Wildman–Crippen MR) is 109 cm³/mol. The zero-order chi connectivity index (χ0) is 19.2. The van der Waals surface area contributed by atoms with Gasteiger partial charge in [0.15, 0.2) is 0 Å². The van der Waals surface area contributed by atoms with E-state index in [9.17, 15) is 4.57 Å². The van der Waals surface area contributed by atoms with E-state index in [4.69, 9.17) is 21.4 Å². The molecule has 27 heavy (non-hydrogen) atoms. The normalized spacial score (nSPS) is 12.1. The fraction of sp³-hybridized carbons (Fsp3) is 0.111. The van der Waals surface area contributed by atoms with Crippen molar-refractivity contribution in [1.82, 2.24) is 14.5 Å². The van der Waals surface area contributed by atoms with Crippen LogP contribution in [0, 0.1) is 0 Å². The number of rotatable bonds is 4. The summed E-state index contributed by atoms with van der Waals surface area (Å²) in [5.41, 5.74) is 3.36. The SMILES string of the molecule is O=P(O)(O)Cc1ccc(Cn2c3ccc(Cl)cc3c3c(Br)ncnc32)cc1. The first kappa shape index (κ1) is 18.6. The molecule has 0 atom stereocenters. The van der Waals surface area contributed by atoms with Crippen molar-refractivity contribution in [2.24, 2.45) is 0 Å². The molecule has 138 valence electrons. The number of hydrogen-bond acceptors (Lipinski definition) is 3. The van der Waals surface area contributed by atoms with E-state index in [1.807, 2.05) is 30.3 Å². The third-order valence-corrected chi connectivity index (χ3v) is 5.92. The molecule has 0 aliphatic rings. The van der Waals surface area contributed by atoms with E-state index >= 15 is 0 Å². The van der Waals surface area contributed by atoms with Crippen LogP contribution in [0.15, 0.2) is 53.4 Å². The molecule has 0 unspecified atom stereocenters. The second kappa shape index (κ2) is 7.00. The lowest BCUT2D eigenvalue weighted by molar-refractivity contribution is 0.371. The summed E-state index contributed by atoms with van der Waals surface area (Å²) in [5, 5.41) is 2.50. The van der Waals surface area contributed by atoms with Gasteiger partial charge in [0, 0.05) is 17.0 Å². The highest BCUT2D eigenvalue weighted by Gasteiger charge is 2.16. The Morgan fingerprint density at radius 2 is 1.78 bits per heavy atom. The number of aromatic nitrogens is 3. The Morgan fingerprint density at radius 1 is 1.07 bits per heavy atom. The van der Waals surface area contributed by atoms with E-state index in [2.05, 4.69) is 30.5 Å². The van der Waals surface area contributed by atoms with Gasteiger partial charge in [-0.05, 0) is 45.3 Å². The fourth-order valence-electron chi connectivity index (χ4n) is 3.18. The Morgan fingerprint density at radius 3 is 2.48 bits per heavy atom.